The standard InChI is InChI=1S/C24H27F3N4O2/c25-24(26,27)19-8-6-17(7-9-19)16-31-21(32)23(29-22(31)33)11-14-30(15-12-23)13-10-20(28)18-4-2-1-3-5-18/h1-9,20H,10-16,28H2,(H,29,33)/t20-/m0/s1. The van der Waals surface area contributed by atoms with E-state index in [0.717, 1.165) is 35.6 Å². The number of nitrogens with zero attached hydrogens (tertiary/aromatic N) is 2. The molecule has 9 heteroatoms. The van der Waals surface area contributed by atoms with Crippen molar-refractivity contribution in [3.63, 3.8) is 0 Å². The lowest BCUT2D eigenvalue weighted by molar-refractivity contribution is -0.137. The number of carbonyl (C=O) groups excluding carboxylic acids is 2. The summed E-state index contributed by atoms with van der Waals surface area (Å²) in [6, 6.07) is 13.9. The molecular weight excluding hydrogens is 433 g/mol. The van der Waals surface area contributed by atoms with E-state index in [1.807, 2.05) is 30.3 Å². The first-order chi connectivity index (χ1) is 15.7. The minimum atomic E-state index is -4.43. The predicted molar refractivity (Wildman–Crippen MR) is 117 cm³/mol. The van der Waals surface area contributed by atoms with Gasteiger partial charge in [0.1, 0.15) is 5.54 Å². The minimum absolute atomic E-state index is 0.0554. The monoisotopic (exact) mass is 460 g/mol. The normalized spacial score (nSPS) is 19.7. The molecule has 176 valence electrons. The van der Waals surface area contributed by atoms with Crippen LogP contribution in [0.3, 0.4) is 0 Å². The van der Waals surface area contributed by atoms with Crippen LogP contribution in [0.2, 0.25) is 0 Å². The van der Waals surface area contributed by atoms with Crippen molar-refractivity contribution in [1.82, 2.24) is 15.1 Å². The molecule has 2 heterocycles. The number of urea groups is 1. The molecule has 1 atom stereocenters. The van der Waals surface area contributed by atoms with Gasteiger partial charge in [0.2, 0.25) is 0 Å². The number of benzene rings is 2. The van der Waals surface area contributed by atoms with E-state index < -0.39 is 23.3 Å². The summed E-state index contributed by atoms with van der Waals surface area (Å²) in [4.78, 5) is 29.0. The maximum Gasteiger partial charge on any atom is 0.416 e. The summed E-state index contributed by atoms with van der Waals surface area (Å²) in [7, 11) is 0. The Kier molecular flexibility index (Phi) is 6.45. The molecule has 0 unspecified atom stereocenters. The third kappa shape index (κ3) is 5.04. The van der Waals surface area contributed by atoms with Crippen LogP contribution >= 0.6 is 0 Å². The van der Waals surface area contributed by atoms with Crippen molar-refractivity contribution in [3.05, 3.63) is 71.3 Å². The van der Waals surface area contributed by atoms with Gasteiger partial charge in [0, 0.05) is 19.1 Å². The first-order valence-electron chi connectivity index (χ1n) is 11.0. The van der Waals surface area contributed by atoms with Crippen LogP contribution in [0.1, 0.15) is 42.0 Å². The lowest BCUT2D eigenvalue weighted by Gasteiger charge is -2.37. The van der Waals surface area contributed by atoms with Crippen molar-refractivity contribution in [2.75, 3.05) is 19.6 Å². The van der Waals surface area contributed by atoms with Crippen LogP contribution in [0, 0.1) is 0 Å². The summed E-state index contributed by atoms with van der Waals surface area (Å²) >= 11 is 0. The SMILES string of the molecule is N[C@@H](CCN1CCC2(CC1)NC(=O)N(Cc1ccc(C(F)(F)F)cc1)C2=O)c1ccccc1. The van der Waals surface area contributed by atoms with E-state index in [-0.39, 0.29) is 18.5 Å². The fourth-order valence-electron chi connectivity index (χ4n) is 4.49. The van der Waals surface area contributed by atoms with Gasteiger partial charge in [-0.15, -0.1) is 0 Å². The zero-order valence-electron chi connectivity index (χ0n) is 18.1. The second-order valence-electron chi connectivity index (χ2n) is 8.75. The summed E-state index contributed by atoms with van der Waals surface area (Å²) in [6.07, 6.45) is -2.66. The molecule has 0 bridgehead atoms. The summed E-state index contributed by atoms with van der Waals surface area (Å²) in [5.41, 5.74) is 6.13. The van der Waals surface area contributed by atoms with Crippen LogP contribution in [0.4, 0.5) is 18.0 Å². The highest BCUT2D eigenvalue weighted by atomic mass is 19.4. The molecule has 0 aromatic heterocycles. The van der Waals surface area contributed by atoms with E-state index in [0.29, 0.717) is 31.5 Å². The Balaban J connectivity index is 1.32. The molecule has 2 aromatic carbocycles. The number of nitrogens with one attached hydrogen (secondary N) is 1. The van der Waals surface area contributed by atoms with Gasteiger partial charge < -0.3 is 16.0 Å². The van der Waals surface area contributed by atoms with Gasteiger partial charge in [0.25, 0.3) is 5.91 Å². The van der Waals surface area contributed by atoms with Crippen LogP contribution in [0.15, 0.2) is 54.6 Å². The highest BCUT2D eigenvalue weighted by Crippen LogP contribution is 2.32. The van der Waals surface area contributed by atoms with Crippen LogP contribution in [-0.2, 0) is 17.5 Å². The Morgan fingerprint density at radius 3 is 2.24 bits per heavy atom. The summed E-state index contributed by atoms with van der Waals surface area (Å²) in [5.74, 6) is -0.312. The quantitative estimate of drug-likeness (QED) is 0.645. The molecule has 2 fully saturated rings. The zero-order valence-corrected chi connectivity index (χ0v) is 18.1. The number of hydrogen-bond acceptors (Lipinski definition) is 4. The molecule has 0 aliphatic carbocycles. The molecule has 2 aliphatic rings. The number of imide groups is 1. The molecule has 3 N–H and O–H groups in total. The number of nitrogens with two attached hydrogens (primary N) is 1. The summed E-state index contributed by atoms with van der Waals surface area (Å²) in [5, 5.41) is 2.84. The van der Waals surface area contributed by atoms with Crippen LogP contribution in [0.5, 0.6) is 0 Å². The van der Waals surface area contributed by atoms with Crippen LogP contribution in [0.25, 0.3) is 0 Å². The second kappa shape index (κ2) is 9.15. The number of alkyl halides is 3. The predicted octanol–water partition coefficient (Wildman–Crippen LogP) is 3.68. The number of amides is 3. The van der Waals surface area contributed by atoms with Crippen LogP contribution < -0.4 is 11.1 Å². The molecule has 2 aliphatic heterocycles. The zero-order chi connectivity index (χ0) is 23.6. The van der Waals surface area contributed by atoms with Gasteiger partial charge in [0.05, 0.1) is 12.1 Å². The molecule has 33 heavy (non-hydrogen) atoms. The van der Waals surface area contributed by atoms with E-state index >= 15 is 0 Å². The van der Waals surface area contributed by atoms with Gasteiger partial charge in [-0.1, -0.05) is 42.5 Å². The lowest BCUT2D eigenvalue weighted by Crippen LogP contribution is -2.55. The largest absolute Gasteiger partial charge is 0.416 e. The summed E-state index contributed by atoms with van der Waals surface area (Å²) < 4.78 is 38.3. The van der Waals surface area contributed by atoms with Crippen molar-refractivity contribution >= 4 is 11.9 Å². The second-order valence-corrected chi connectivity index (χ2v) is 8.75. The third-order valence-corrected chi connectivity index (χ3v) is 6.56. The van der Waals surface area contributed by atoms with Crippen molar-refractivity contribution in [3.8, 4) is 0 Å². The number of piperidine rings is 1. The molecule has 2 aromatic rings. The van der Waals surface area contributed by atoms with Gasteiger partial charge >= 0.3 is 12.2 Å². The first kappa shape index (κ1) is 23.3. The highest BCUT2D eigenvalue weighted by molar-refractivity contribution is 6.07. The Morgan fingerprint density at radius 1 is 1.00 bits per heavy atom. The molecule has 1 spiro atoms. The van der Waals surface area contributed by atoms with E-state index in [9.17, 15) is 22.8 Å². The van der Waals surface area contributed by atoms with Crippen molar-refractivity contribution < 1.29 is 22.8 Å². The molecule has 2 saturated heterocycles. The molecule has 0 radical (unpaired) electrons. The maximum absolute atomic E-state index is 13.1. The average molecular weight is 461 g/mol. The number of rotatable bonds is 6. The van der Waals surface area contributed by atoms with Crippen molar-refractivity contribution in [2.24, 2.45) is 5.73 Å². The van der Waals surface area contributed by atoms with Crippen molar-refractivity contribution in [2.45, 2.75) is 43.6 Å². The third-order valence-electron chi connectivity index (χ3n) is 6.56. The van der Waals surface area contributed by atoms with E-state index in [2.05, 4.69) is 10.2 Å². The van der Waals surface area contributed by atoms with Gasteiger partial charge in [-0.05, 0) is 49.1 Å². The Hall–Kier alpha value is -2.91. The van der Waals surface area contributed by atoms with E-state index in [1.54, 1.807) is 0 Å². The molecular formula is C24H27F3N4O2. The minimum Gasteiger partial charge on any atom is -0.324 e. The molecule has 0 saturated carbocycles. The van der Waals surface area contributed by atoms with Gasteiger partial charge in [-0.25, -0.2) is 4.79 Å². The van der Waals surface area contributed by atoms with Gasteiger partial charge in [0.15, 0.2) is 0 Å². The van der Waals surface area contributed by atoms with Gasteiger partial charge in [-0.2, -0.15) is 13.2 Å². The van der Waals surface area contributed by atoms with Crippen molar-refractivity contribution in [1.29, 1.82) is 0 Å². The Morgan fingerprint density at radius 2 is 1.64 bits per heavy atom. The van der Waals surface area contributed by atoms with Gasteiger partial charge in [-0.3, -0.25) is 9.69 Å². The van der Waals surface area contributed by atoms with E-state index in [1.165, 1.54) is 12.1 Å². The molecule has 4 rings (SSSR count). The fraction of sp³-hybridized carbons (Fsp3) is 0.417. The number of hydrogen-bond donors (Lipinski definition) is 2. The Bertz CT molecular complexity index is 987. The number of halogens is 3. The smallest absolute Gasteiger partial charge is 0.324 e. The summed E-state index contributed by atoms with van der Waals surface area (Å²) in [6.45, 7) is 2.05. The highest BCUT2D eigenvalue weighted by Gasteiger charge is 2.52. The molecule has 3 amide bonds. The fourth-order valence-corrected chi connectivity index (χ4v) is 4.49. The Labute approximate surface area is 190 Å². The number of likely N-dealkylation sites (tertiary alicyclic amines) is 1. The lowest BCUT2D eigenvalue weighted by atomic mass is 9.87. The molecule has 6 nitrogen and oxygen atoms in total. The first-order valence-corrected chi connectivity index (χ1v) is 11.0. The maximum atomic E-state index is 13.1. The van der Waals surface area contributed by atoms with Crippen LogP contribution in [-0.4, -0.2) is 46.9 Å². The number of carbonyl (C=O) groups is 2. The topological polar surface area (TPSA) is 78.7 Å². The average Bonchev–Trinajstić information content (AvgIpc) is 3.03. The van der Waals surface area contributed by atoms with E-state index in [4.69, 9.17) is 5.73 Å².